The van der Waals surface area contributed by atoms with Gasteiger partial charge in [0.1, 0.15) is 0 Å². The number of likely N-dealkylation sites (tertiary alicyclic amines) is 1. The second kappa shape index (κ2) is 7.23. The molecule has 0 spiro atoms. The highest BCUT2D eigenvalue weighted by atomic mass is 16.5. The van der Waals surface area contributed by atoms with E-state index in [0.29, 0.717) is 11.7 Å². The van der Waals surface area contributed by atoms with Crippen molar-refractivity contribution in [3.8, 4) is 11.4 Å². The quantitative estimate of drug-likeness (QED) is 0.891. The fourth-order valence-corrected chi connectivity index (χ4v) is 3.07. The number of hydrogen-bond donors (Lipinski definition) is 2. The smallest absolute Gasteiger partial charge is 0.315 e. The number of aromatic nitrogens is 2. The molecule has 0 aliphatic carbocycles. The van der Waals surface area contributed by atoms with Crippen molar-refractivity contribution < 1.29 is 9.32 Å². The van der Waals surface area contributed by atoms with Gasteiger partial charge in [0.25, 0.3) is 0 Å². The van der Waals surface area contributed by atoms with Crippen LogP contribution in [0.15, 0.2) is 28.8 Å². The normalized spacial score (nSPS) is 20.8. The molecule has 2 amide bonds. The average Bonchev–Trinajstić information content (AvgIpc) is 3.14. The van der Waals surface area contributed by atoms with Crippen LogP contribution in [0, 0.1) is 6.92 Å². The Labute approximate surface area is 147 Å². The zero-order chi connectivity index (χ0) is 18.0. The third-order valence-corrected chi connectivity index (χ3v) is 4.34. The molecule has 2 atom stereocenters. The van der Waals surface area contributed by atoms with Gasteiger partial charge in [-0.25, -0.2) is 4.79 Å². The first-order valence-corrected chi connectivity index (χ1v) is 8.60. The van der Waals surface area contributed by atoms with E-state index in [1.165, 1.54) is 5.56 Å². The summed E-state index contributed by atoms with van der Waals surface area (Å²) < 4.78 is 5.49. The first-order valence-electron chi connectivity index (χ1n) is 8.60. The lowest BCUT2D eigenvalue weighted by Crippen LogP contribution is -2.45. The predicted octanol–water partition coefficient (Wildman–Crippen LogP) is 2.50. The molecule has 1 aromatic carbocycles. The number of aryl methyl sites for hydroxylation is 1. The average molecular weight is 343 g/mol. The maximum absolute atomic E-state index is 11.9. The van der Waals surface area contributed by atoms with E-state index in [4.69, 9.17) is 4.52 Å². The molecule has 0 radical (unpaired) electrons. The molecule has 2 unspecified atom stereocenters. The van der Waals surface area contributed by atoms with Crippen LogP contribution < -0.4 is 10.6 Å². The number of benzene rings is 1. The lowest BCUT2D eigenvalue weighted by Gasteiger charge is -2.15. The summed E-state index contributed by atoms with van der Waals surface area (Å²) in [6, 6.07) is 8.08. The third kappa shape index (κ3) is 4.17. The van der Waals surface area contributed by atoms with Gasteiger partial charge < -0.3 is 15.2 Å². The minimum Gasteiger partial charge on any atom is -0.337 e. The van der Waals surface area contributed by atoms with Crippen LogP contribution in [0.4, 0.5) is 4.79 Å². The molecule has 0 saturated carbocycles. The van der Waals surface area contributed by atoms with E-state index in [-0.39, 0.29) is 24.2 Å². The molecular formula is C18H25N5O2. The summed E-state index contributed by atoms with van der Waals surface area (Å²) >= 11 is 0. The molecule has 1 aliphatic heterocycles. The van der Waals surface area contributed by atoms with Crippen LogP contribution >= 0.6 is 0 Å². The van der Waals surface area contributed by atoms with Crippen LogP contribution in [0.5, 0.6) is 0 Å². The predicted molar refractivity (Wildman–Crippen MR) is 95.1 cm³/mol. The van der Waals surface area contributed by atoms with E-state index >= 15 is 0 Å². The van der Waals surface area contributed by atoms with Crippen LogP contribution in [-0.2, 0) is 0 Å². The van der Waals surface area contributed by atoms with Crippen molar-refractivity contribution in [2.75, 3.05) is 13.6 Å². The van der Waals surface area contributed by atoms with Crippen LogP contribution in [0.1, 0.15) is 37.8 Å². The summed E-state index contributed by atoms with van der Waals surface area (Å²) in [5.74, 6) is 1.18. The molecule has 1 aliphatic rings. The van der Waals surface area contributed by atoms with Crippen LogP contribution in [0.25, 0.3) is 11.4 Å². The van der Waals surface area contributed by atoms with Gasteiger partial charge in [-0.15, -0.1) is 0 Å². The van der Waals surface area contributed by atoms with Gasteiger partial charge in [-0.05, 0) is 34.2 Å². The maximum atomic E-state index is 11.9. The van der Waals surface area contributed by atoms with E-state index in [0.717, 1.165) is 18.5 Å². The number of nitrogens with one attached hydrogen (secondary N) is 2. The molecule has 7 nitrogen and oxygen atoms in total. The van der Waals surface area contributed by atoms with Crippen molar-refractivity contribution in [1.29, 1.82) is 0 Å². The number of carbonyl (C=O) groups excluding carboxylic acids is 1. The fraction of sp³-hybridized carbons (Fsp3) is 0.500. The molecule has 3 rings (SSSR count). The zero-order valence-corrected chi connectivity index (χ0v) is 15.1. The number of hydrogen-bond acceptors (Lipinski definition) is 5. The van der Waals surface area contributed by atoms with Gasteiger partial charge in [-0.3, -0.25) is 4.90 Å². The Kier molecular flexibility index (Phi) is 5.03. The molecule has 7 heteroatoms. The topological polar surface area (TPSA) is 83.3 Å². The molecule has 25 heavy (non-hydrogen) atoms. The summed E-state index contributed by atoms with van der Waals surface area (Å²) in [5, 5.41) is 9.96. The standard InChI is InChI=1S/C18H25N5O2/c1-11(2)19-18(24)20-14-9-15(23(4)10-14)17-21-16(22-25-17)13-7-5-12(3)6-8-13/h5-8,11,14-15H,9-10H2,1-4H3,(H2,19,20,24). The van der Waals surface area contributed by atoms with Crippen molar-refractivity contribution in [2.24, 2.45) is 0 Å². The number of carbonyl (C=O) groups is 1. The van der Waals surface area contributed by atoms with Gasteiger partial charge >= 0.3 is 6.03 Å². The van der Waals surface area contributed by atoms with Crippen molar-refractivity contribution in [2.45, 2.75) is 45.3 Å². The Morgan fingerprint density at radius 3 is 2.72 bits per heavy atom. The van der Waals surface area contributed by atoms with Crippen LogP contribution in [0.2, 0.25) is 0 Å². The van der Waals surface area contributed by atoms with Crippen LogP contribution in [0.3, 0.4) is 0 Å². The molecule has 134 valence electrons. The minimum absolute atomic E-state index is 0.0102. The summed E-state index contributed by atoms with van der Waals surface area (Å²) in [7, 11) is 2.00. The molecule has 1 aromatic heterocycles. The van der Waals surface area contributed by atoms with Crippen molar-refractivity contribution in [1.82, 2.24) is 25.7 Å². The van der Waals surface area contributed by atoms with Crippen molar-refractivity contribution >= 4 is 6.03 Å². The van der Waals surface area contributed by atoms with Gasteiger partial charge in [0.2, 0.25) is 11.7 Å². The van der Waals surface area contributed by atoms with E-state index in [9.17, 15) is 4.79 Å². The Hall–Kier alpha value is -2.41. The molecule has 2 N–H and O–H groups in total. The third-order valence-electron chi connectivity index (χ3n) is 4.34. The molecule has 2 aromatic rings. The van der Waals surface area contributed by atoms with E-state index in [2.05, 4.69) is 25.7 Å². The number of rotatable bonds is 4. The summed E-state index contributed by atoms with van der Waals surface area (Å²) in [5.41, 5.74) is 2.13. The van der Waals surface area contributed by atoms with Gasteiger partial charge in [-0.2, -0.15) is 4.98 Å². The molecular weight excluding hydrogens is 318 g/mol. The lowest BCUT2D eigenvalue weighted by molar-refractivity contribution is 0.234. The number of likely N-dealkylation sites (N-methyl/N-ethyl adjacent to an activating group) is 1. The van der Waals surface area contributed by atoms with Gasteiger partial charge in [-0.1, -0.05) is 35.0 Å². The Balaban J connectivity index is 1.66. The fourth-order valence-electron chi connectivity index (χ4n) is 3.07. The summed E-state index contributed by atoms with van der Waals surface area (Å²) in [6.07, 6.45) is 0.748. The number of nitrogens with zero attached hydrogens (tertiary/aromatic N) is 3. The van der Waals surface area contributed by atoms with Crippen LogP contribution in [-0.4, -0.2) is 46.7 Å². The first kappa shape index (κ1) is 17.4. The highest BCUT2D eigenvalue weighted by Crippen LogP contribution is 2.30. The van der Waals surface area contributed by atoms with Crippen molar-refractivity contribution in [3.63, 3.8) is 0 Å². The number of amides is 2. The van der Waals surface area contributed by atoms with E-state index in [1.54, 1.807) is 0 Å². The number of urea groups is 1. The first-order chi connectivity index (χ1) is 11.9. The molecule has 0 bridgehead atoms. The highest BCUT2D eigenvalue weighted by Gasteiger charge is 2.35. The minimum atomic E-state index is -0.139. The molecule has 2 heterocycles. The van der Waals surface area contributed by atoms with Gasteiger partial charge in [0.15, 0.2) is 0 Å². The summed E-state index contributed by atoms with van der Waals surface area (Å²) in [6.45, 7) is 6.67. The highest BCUT2D eigenvalue weighted by molar-refractivity contribution is 5.74. The van der Waals surface area contributed by atoms with E-state index < -0.39 is 0 Å². The SMILES string of the molecule is Cc1ccc(-c2noc(C3CC(NC(=O)NC(C)C)CN3C)n2)cc1. The second-order valence-corrected chi connectivity index (χ2v) is 6.98. The lowest BCUT2D eigenvalue weighted by atomic mass is 10.1. The Morgan fingerprint density at radius 2 is 2.04 bits per heavy atom. The largest absolute Gasteiger partial charge is 0.337 e. The monoisotopic (exact) mass is 343 g/mol. The molecule has 1 saturated heterocycles. The maximum Gasteiger partial charge on any atom is 0.315 e. The van der Waals surface area contributed by atoms with Crippen molar-refractivity contribution in [3.05, 3.63) is 35.7 Å². The Morgan fingerprint density at radius 1 is 1.32 bits per heavy atom. The zero-order valence-electron chi connectivity index (χ0n) is 15.1. The van der Waals surface area contributed by atoms with Gasteiger partial charge in [0, 0.05) is 24.2 Å². The van der Waals surface area contributed by atoms with Gasteiger partial charge in [0.05, 0.1) is 6.04 Å². The summed E-state index contributed by atoms with van der Waals surface area (Å²) in [4.78, 5) is 18.6. The van der Waals surface area contributed by atoms with E-state index in [1.807, 2.05) is 52.1 Å². The second-order valence-electron chi connectivity index (χ2n) is 6.98. The Bertz CT molecular complexity index is 725. The molecule has 1 fully saturated rings.